The van der Waals surface area contributed by atoms with E-state index in [1.165, 1.54) is 12.1 Å². The highest BCUT2D eigenvalue weighted by Gasteiger charge is 2.12. The molecule has 1 N–H and O–H groups in total. The van der Waals surface area contributed by atoms with Gasteiger partial charge >= 0.3 is 0 Å². The van der Waals surface area contributed by atoms with Crippen LogP contribution in [-0.2, 0) is 18.3 Å². The van der Waals surface area contributed by atoms with Gasteiger partial charge in [0, 0.05) is 29.7 Å². The highest BCUT2D eigenvalue weighted by Crippen LogP contribution is 2.18. The maximum atomic E-state index is 12.8. The Labute approximate surface area is 140 Å². The minimum Gasteiger partial charge on any atom is -0.356 e. The van der Waals surface area contributed by atoms with Gasteiger partial charge in [-0.1, -0.05) is 0 Å². The van der Waals surface area contributed by atoms with Crippen LogP contribution >= 0.6 is 11.8 Å². The zero-order chi connectivity index (χ0) is 16.8. The largest absolute Gasteiger partial charge is 0.356 e. The van der Waals surface area contributed by atoms with Gasteiger partial charge in [0.2, 0.25) is 5.91 Å². The van der Waals surface area contributed by atoms with Gasteiger partial charge in [0.15, 0.2) is 0 Å². The van der Waals surface area contributed by atoms with Crippen LogP contribution in [0.15, 0.2) is 29.2 Å². The second-order valence-corrected chi connectivity index (χ2v) is 6.62. The molecule has 0 radical (unpaired) electrons. The van der Waals surface area contributed by atoms with Crippen molar-refractivity contribution in [2.75, 3.05) is 12.3 Å². The second-order valence-electron chi connectivity index (χ2n) is 5.46. The molecule has 0 aliphatic heterocycles. The molecule has 6 heteroatoms. The number of halogens is 1. The van der Waals surface area contributed by atoms with E-state index in [0.29, 0.717) is 13.0 Å². The van der Waals surface area contributed by atoms with Gasteiger partial charge in [-0.25, -0.2) is 4.39 Å². The van der Waals surface area contributed by atoms with Crippen molar-refractivity contribution in [3.05, 3.63) is 47.0 Å². The molecule has 0 fully saturated rings. The molecule has 124 valence electrons. The predicted octanol–water partition coefficient (Wildman–Crippen LogP) is 3.02. The van der Waals surface area contributed by atoms with Crippen LogP contribution in [0.1, 0.15) is 23.4 Å². The summed E-state index contributed by atoms with van der Waals surface area (Å²) in [6, 6.07) is 6.46. The van der Waals surface area contributed by atoms with Crippen molar-refractivity contribution in [2.45, 2.75) is 31.6 Å². The fourth-order valence-corrected chi connectivity index (χ4v) is 3.17. The summed E-state index contributed by atoms with van der Waals surface area (Å²) in [5.74, 6) is 0.690. The van der Waals surface area contributed by atoms with E-state index < -0.39 is 0 Å². The highest BCUT2D eigenvalue weighted by molar-refractivity contribution is 7.99. The quantitative estimate of drug-likeness (QED) is 0.625. The molecule has 0 spiro atoms. The minimum atomic E-state index is -0.220. The summed E-state index contributed by atoms with van der Waals surface area (Å²) in [5.41, 5.74) is 2.95. The summed E-state index contributed by atoms with van der Waals surface area (Å²) < 4.78 is 14.6. The van der Waals surface area contributed by atoms with Gasteiger partial charge in [-0.3, -0.25) is 9.48 Å². The topological polar surface area (TPSA) is 46.9 Å². The molecule has 0 aliphatic rings. The Bertz CT molecular complexity index is 667. The van der Waals surface area contributed by atoms with E-state index in [1.54, 1.807) is 28.6 Å². The van der Waals surface area contributed by atoms with Crippen molar-refractivity contribution < 1.29 is 9.18 Å². The first kappa shape index (κ1) is 17.5. The average molecular weight is 335 g/mol. The zero-order valence-corrected chi connectivity index (χ0v) is 14.5. The Kier molecular flexibility index (Phi) is 6.21. The number of benzene rings is 1. The van der Waals surface area contributed by atoms with Gasteiger partial charge in [-0.05, 0) is 50.3 Å². The zero-order valence-electron chi connectivity index (χ0n) is 13.7. The van der Waals surface area contributed by atoms with Crippen LogP contribution in [-0.4, -0.2) is 28.0 Å². The first-order valence-electron chi connectivity index (χ1n) is 7.61. The Morgan fingerprint density at radius 2 is 2.00 bits per heavy atom. The number of aryl methyl sites for hydroxylation is 2. The first-order valence-corrected chi connectivity index (χ1v) is 8.60. The highest BCUT2D eigenvalue weighted by atomic mass is 32.2. The molecule has 23 heavy (non-hydrogen) atoms. The van der Waals surface area contributed by atoms with Crippen molar-refractivity contribution in [2.24, 2.45) is 7.05 Å². The lowest BCUT2D eigenvalue weighted by atomic mass is 10.1. The van der Waals surface area contributed by atoms with Gasteiger partial charge in [0.1, 0.15) is 5.82 Å². The number of aromatic nitrogens is 2. The van der Waals surface area contributed by atoms with E-state index in [4.69, 9.17) is 0 Å². The van der Waals surface area contributed by atoms with Crippen molar-refractivity contribution >= 4 is 17.7 Å². The monoisotopic (exact) mass is 335 g/mol. The third-order valence-corrected chi connectivity index (χ3v) is 4.82. The van der Waals surface area contributed by atoms with E-state index in [9.17, 15) is 9.18 Å². The first-order chi connectivity index (χ1) is 11.0. The van der Waals surface area contributed by atoms with Crippen LogP contribution in [0.25, 0.3) is 0 Å². The van der Waals surface area contributed by atoms with Gasteiger partial charge in [-0.2, -0.15) is 5.10 Å². The second kappa shape index (κ2) is 8.15. The molecule has 1 heterocycles. The maximum Gasteiger partial charge on any atom is 0.224 e. The number of hydrogen-bond acceptors (Lipinski definition) is 3. The third kappa shape index (κ3) is 5.10. The van der Waals surface area contributed by atoms with Crippen molar-refractivity contribution in [3.8, 4) is 0 Å². The third-order valence-electron chi connectivity index (χ3n) is 3.72. The number of hydrogen-bond donors (Lipinski definition) is 1. The SMILES string of the molecule is Cc1nn(C)c(C)c1CC(=O)NCCCSc1ccc(F)cc1. The molecule has 0 bridgehead atoms. The number of nitrogens with one attached hydrogen (secondary N) is 1. The fourth-order valence-electron chi connectivity index (χ4n) is 2.32. The molecule has 1 amide bonds. The molecule has 0 saturated heterocycles. The standard InChI is InChI=1S/C17H22FN3OS/c1-12-16(13(2)21(3)20-12)11-17(22)19-9-4-10-23-15-7-5-14(18)6-8-15/h5-8H,4,9-11H2,1-3H3,(H,19,22). The molecule has 0 saturated carbocycles. The summed E-state index contributed by atoms with van der Waals surface area (Å²) in [4.78, 5) is 13.0. The number of amides is 1. The summed E-state index contributed by atoms with van der Waals surface area (Å²) >= 11 is 1.66. The number of thioether (sulfide) groups is 1. The maximum absolute atomic E-state index is 12.8. The summed E-state index contributed by atoms with van der Waals surface area (Å²) in [6.45, 7) is 4.54. The molecule has 0 unspecified atom stereocenters. The van der Waals surface area contributed by atoms with Crippen LogP contribution in [0.5, 0.6) is 0 Å². The molecule has 0 atom stereocenters. The van der Waals surface area contributed by atoms with Gasteiger partial charge < -0.3 is 5.32 Å². The van der Waals surface area contributed by atoms with E-state index in [0.717, 1.165) is 34.0 Å². The van der Waals surface area contributed by atoms with Gasteiger partial charge in [-0.15, -0.1) is 11.8 Å². The molecule has 2 aromatic rings. The molecule has 4 nitrogen and oxygen atoms in total. The Morgan fingerprint density at radius 1 is 1.30 bits per heavy atom. The number of carbonyl (C=O) groups is 1. The smallest absolute Gasteiger partial charge is 0.224 e. The van der Waals surface area contributed by atoms with Crippen molar-refractivity contribution in [1.29, 1.82) is 0 Å². The average Bonchev–Trinajstić information content (AvgIpc) is 2.75. The van der Waals surface area contributed by atoms with E-state index in [-0.39, 0.29) is 11.7 Å². The molecule has 2 rings (SSSR count). The number of carbonyl (C=O) groups excluding carboxylic acids is 1. The predicted molar refractivity (Wildman–Crippen MR) is 91.1 cm³/mol. The molecule has 0 aliphatic carbocycles. The van der Waals surface area contributed by atoms with Crippen LogP contribution in [0.3, 0.4) is 0 Å². The summed E-state index contributed by atoms with van der Waals surface area (Å²) in [7, 11) is 1.89. The summed E-state index contributed by atoms with van der Waals surface area (Å²) in [5, 5.41) is 7.26. The van der Waals surface area contributed by atoms with E-state index >= 15 is 0 Å². The Hall–Kier alpha value is -1.82. The molecular weight excluding hydrogens is 313 g/mol. The lowest BCUT2D eigenvalue weighted by Crippen LogP contribution is -2.26. The lowest BCUT2D eigenvalue weighted by Gasteiger charge is -2.06. The minimum absolute atomic E-state index is 0.0241. The van der Waals surface area contributed by atoms with Crippen LogP contribution in [0, 0.1) is 19.7 Å². The van der Waals surface area contributed by atoms with Gasteiger partial charge in [0.25, 0.3) is 0 Å². The number of rotatable bonds is 7. The molecular formula is C17H22FN3OS. The normalized spacial score (nSPS) is 10.8. The van der Waals surface area contributed by atoms with Crippen LogP contribution in [0.4, 0.5) is 4.39 Å². The van der Waals surface area contributed by atoms with Crippen LogP contribution in [0.2, 0.25) is 0 Å². The summed E-state index contributed by atoms with van der Waals surface area (Å²) in [6.07, 6.45) is 1.25. The fraction of sp³-hybridized carbons (Fsp3) is 0.412. The Morgan fingerprint density at radius 3 is 2.61 bits per heavy atom. The number of nitrogens with zero attached hydrogens (tertiary/aromatic N) is 2. The van der Waals surface area contributed by atoms with Crippen LogP contribution < -0.4 is 5.32 Å². The van der Waals surface area contributed by atoms with E-state index in [2.05, 4.69) is 10.4 Å². The molecule has 1 aromatic heterocycles. The Balaban J connectivity index is 1.68. The lowest BCUT2D eigenvalue weighted by molar-refractivity contribution is -0.120. The van der Waals surface area contributed by atoms with Gasteiger partial charge in [0.05, 0.1) is 12.1 Å². The van der Waals surface area contributed by atoms with Crippen molar-refractivity contribution in [3.63, 3.8) is 0 Å². The van der Waals surface area contributed by atoms with E-state index in [1.807, 2.05) is 20.9 Å². The van der Waals surface area contributed by atoms with Crippen molar-refractivity contribution in [1.82, 2.24) is 15.1 Å². The molecule has 1 aromatic carbocycles.